The summed E-state index contributed by atoms with van der Waals surface area (Å²) in [6, 6.07) is 5.97. The van der Waals surface area contributed by atoms with Crippen LogP contribution in [0.1, 0.15) is 17.5 Å². The molecule has 0 saturated carbocycles. The number of rotatable bonds is 3. The Morgan fingerprint density at radius 3 is 2.94 bits per heavy atom. The standard InChI is InChI=1S/C13H16ClNO2/c1-9-6-10(2-3-12(9)14)7-15-5-4-11(8-15)13(16)17/h2-3,6,11H,4-5,7-8H2,1H3,(H,16,17). The molecule has 1 heterocycles. The monoisotopic (exact) mass is 253 g/mol. The Morgan fingerprint density at radius 1 is 1.59 bits per heavy atom. The summed E-state index contributed by atoms with van der Waals surface area (Å²) in [5.41, 5.74) is 2.26. The molecule has 0 bridgehead atoms. The van der Waals surface area contributed by atoms with Crippen LogP contribution < -0.4 is 0 Å². The van der Waals surface area contributed by atoms with Crippen molar-refractivity contribution < 1.29 is 9.90 Å². The van der Waals surface area contributed by atoms with E-state index in [0.29, 0.717) is 6.54 Å². The van der Waals surface area contributed by atoms with Gasteiger partial charge in [-0.05, 0) is 37.1 Å². The number of aryl methyl sites for hydroxylation is 1. The minimum Gasteiger partial charge on any atom is -0.481 e. The molecule has 1 aromatic carbocycles. The lowest BCUT2D eigenvalue weighted by Crippen LogP contribution is -2.22. The molecule has 3 nitrogen and oxygen atoms in total. The first-order valence-electron chi connectivity index (χ1n) is 5.76. The highest BCUT2D eigenvalue weighted by molar-refractivity contribution is 6.31. The van der Waals surface area contributed by atoms with Crippen molar-refractivity contribution in [3.63, 3.8) is 0 Å². The summed E-state index contributed by atoms with van der Waals surface area (Å²) < 4.78 is 0. The lowest BCUT2D eigenvalue weighted by molar-refractivity contribution is -0.141. The van der Waals surface area contributed by atoms with Gasteiger partial charge < -0.3 is 5.11 Å². The summed E-state index contributed by atoms with van der Waals surface area (Å²) in [4.78, 5) is 13.0. The molecule has 1 aliphatic heterocycles. The van der Waals surface area contributed by atoms with Crippen molar-refractivity contribution in [3.05, 3.63) is 34.3 Å². The molecule has 2 rings (SSSR count). The van der Waals surface area contributed by atoms with E-state index in [-0.39, 0.29) is 5.92 Å². The number of nitrogens with zero attached hydrogens (tertiary/aromatic N) is 1. The average Bonchev–Trinajstić information content (AvgIpc) is 2.72. The Balaban J connectivity index is 1.98. The number of hydrogen-bond donors (Lipinski definition) is 1. The van der Waals surface area contributed by atoms with Crippen LogP contribution in [0.25, 0.3) is 0 Å². The number of carboxylic acid groups (broad SMARTS) is 1. The van der Waals surface area contributed by atoms with Crippen molar-refractivity contribution in [1.29, 1.82) is 0 Å². The van der Waals surface area contributed by atoms with Crippen molar-refractivity contribution >= 4 is 17.6 Å². The van der Waals surface area contributed by atoms with Gasteiger partial charge in [0.05, 0.1) is 5.92 Å². The number of carboxylic acids is 1. The van der Waals surface area contributed by atoms with E-state index in [2.05, 4.69) is 11.0 Å². The maximum Gasteiger partial charge on any atom is 0.307 e. The number of benzene rings is 1. The quantitative estimate of drug-likeness (QED) is 0.900. The molecule has 4 heteroatoms. The second-order valence-corrected chi connectivity index (χ2v) is 5.05. The molecule has 1 aromatic rings. The highest BCUT2D eigenvalue weighted by Gasteiger charge is 2.27. The van der Waals surface area contributed by atoms with Crippen molar-refractivity contribution in [3.8, 4) is 0 Å². The Kier molecular flexibility index (Phi) is 3.69. The minimum absolute atomic E-state index is 0.205. The summed E-state index contributed by atoms with van der Waals surface area (Å²) in [6.45, 7) is 4.30. The van der Waals surface area contributed by atoms with Gasteiger partial charge in [-0.15, -0.1) is 0 Å². The van der Waals surface area contributed by atoms with Gasteiger partial charge in [0.15, 0.2) is 0 Å². The zero-order chi connectivity index (χ0) is 12.4. The topological polar surface area (TPSA) is 40.5 Å². The molecule has 0 aliphatic carbocycles. The number of likely N-dealkylation sites (tertiary alicyclic amines) is 1. The van der Waals surface area contributed by atoms with Crippen LogP contribution in [0.5, 0.6) is 0 Å². The Labute approximate surface area is 106 Å². The van der Waals surface area contributed by atoms with Gasteiger partial charge in [0, 0.05) is 18.1 Å². The van der Waals surface area contributed by atoms with Gasteiger partial charge >= 0.3 is 5.97 Å². The molecule has 1 fully saturated rings. The van der Waals surface area contributed by atoms with E-state index in [4.69, 9.17) is 16.7 Å². The van der Waals surface area contributed by atoms with Crippen LogP contribution in [-0.4, -0.2) is 29.1 Å². The fourth-order valence-corrected chi connectivity index (χ4v) is 2.36. The Bertz CT molecular complexity index is 433. The third-order valence-electron chi connectivity index (χ3n) is 3.25. The van der Waals surface area contributed by atoms with Crippen molar-refractivity contribution in [2.45, 2.75) is 19.9 Å². The molecule has 1 N–H and O–H groups in total. The number of aliphatic carboxylic acids is 1. The molecule has 0 aromatic heterocycles. The predicted molar refractivity (Wildman–Crippen MR) is 67.2 cm³/mol. The fraction of sp³-hybridized carbons (Fsp3) is 0.462. The lowest BCUT2D eigenvalue weighted by atomic mass is 10.1. The predicted octanol–water partition coefficient (Wildman–Crippen LogP) is 2.55. The zero-order valence-corrected chi connectivity index (χ0v) is 10.6. The lowest BCUT2D eigenvalue weighted by Gasteiger charge is -2.15. The molecular formula is C13H16ClNO2. The fourth-order valence-electron chi connectivity index (χ4n) is 2.24. The zero-order valence-electron chi connectivity index (χ0n) is 9.82. The van der Waals surface area contributed by atoms with E-state index < -0.39 is 5.97 Å². The van der Waals surface area contributed by atoms with Gasteiger partial charge in [0.2, 0.25) is 0 Å². The maximum absolute atomic E-state index is 10.9. The highest BCUT2D eigenvalue weighted by atomic mass is 35.5. The van der Waals surface area contributed by atoms with Gasteiger partial charge in [-0.1, -0.05) is 23.7 Å². The smallest absolute Gasteiger partial charge is 0.307 e. The molecular weight excluding hydrogens is 238 g/mol. The first kappa shape index (κ1) is 12.4. The molecule has 0 amide bonds. The highest BCUT2D eigenvalue weighted by Crippen LogP contribution is 2.21. The van der Waals surface area contributed by atoms with Gasteiger partial charge in [0.25, 0.3) is 0 Å². The number of hydrogen-bond acceptors (Lipinski definition) is 2. The molecule has 92 valence electrons. The van der Waals surface area contributed by atoms with E-state index in [9.17, 15) is 4.79 Å². The largest absolute Gasteiger partial charge is 0.481 e. The van der Waals surface area contributed by atoms with Crippen LogP contribution >= 0.6 is 11.6 Å². The van der Waals surface area contributed by atoms with Crippen LogP contribution in [0, 0.1) is 12.8 Å². The normalized spacial score (nSPS) is 20.7. The molecule has 17 heavy (non-hydrogen) atoms. The van der Waals surface area contributed by atoms with Crippen LogP contribution in [0.2, 0.25) is 5.02 Å². The third kappa shape index (κ3) is 2.99. The summed E-state index contributed by atoms with van der Waals surface area (Å²) >= 11 is 5.97. The van der Waals surface area contributed by atoms with E-state index in [1.165, 1.54) is 5.56 Å². The van der Waals surface area contributed by atoms with Crippen molar-refractivity contribution in [1.82, 2.24) is 4.90 Å². The summed E-state index contributed by atoms with van der Waals surface area (Å²) in [5, 5.41) is 9.71. The number of carbonyl (C=O) groups is 1. The Hall–Kier alpha value is -1.06. The van der Waals surface area contributed by atoms with E-state index in [1.807, 2.05) is 19.1 Å². The van der Waals surface area contributed by atoms with Gasteiger partial charge in [-0.2, -0.15) is 0 Å². The third-order valence-corrected chi connectivity index (χ3v) is 3.67. The van der Waals surface area contributed by atoms with Crippen molar-refractivity contribution in [2.75, 3.05) is 13.1 Å². The first-order valence-corrected chi connectivity index (χ1v) is 6.14. The molecule has 1 aliphatic rings. The molecule has 1 unspecified atom stereocenters. The van der Waals surface area contributed by atoms with Gasteiger partial charge in [-0.25, -0.2) is 0 Å². The summed E-state index contributed by atoms with van der Waals surface area (Å²) in [5.74, 6) is -0.886. The molecule has 0 radical (unpaired) electrons. The average molecular weight is 254 g/mol. The van der Waals surface area contributed by atoms with Gasteiger partial charge in [-0.3, -0.25) is 9.69 Å². The van der Waals surface area contributed by atoms with Crippen LogP contribution in [0.15, 0.2) is 18.2 Å². The summed E-state index contributed by atoms with van der Waals surface area (Å²) in [7, 11) is 0. The Morgan fingerprint density at radius 2 is 2.35 bits per heavy atom. The number of halogens is 1. The van der Waals surface area contributed by atoms with E-state index in [1.54, 1.807) is 0 Å². The van der Waals surface area contributed by atoms with E-state index >= 15 is 0 Å². The first-order chi connectivity index (χ1) is 8.06. The van der Waals surface area contributed by atoms with E-state index in [0.717, 1.165) is 30.1 Å². The van der Waals surface area contributed by atoms with Crippen LogP contribution in [0.3, 0.4) is 0 Å². The SMILES string of the molecule is Cc1cc(CN2CCC(C(=O)O)C2)ccc1Cl. The minimum atomic E-state index is -0.681. The van der Waals surface area contributed by atoms with Crippen LogP contribution in [0.4, 0.5) is 0 Å². The second kappa shape index (κ2) is 5.07. The second-order valence-electron chi connectivity index (χ2n) is 4.64. The molecule has 0 spiro atoms. The maximum atomic E-state index is 10.9. The molecule has 1 atom stereocenters. The van der Waals surface area contributed by atoms with Gasteiger partial charge in [0.1, 0.15) is 0 Å². The molecule has 1 saturated heterocycles. The summed E-state index contributed by atoms with van der Waals surface area (Å²) in [6.07, 6.45) is 0.752. The van der Waals surface area contributed by atoms with Crippen molar-refractivity contribution in [2.24, 2.45) is 5.92 Å². The van der Waals surface area contributed by atoms with Crippen LogP contribution in [-0.2, 0) is 11.3 Å².